The maximum Gasteiger partial charge on any atom is 0.323 e. The van der Waals surface area contributed by atoms with Crippen LogP contribution in [0.15, 0.2) is 23.0 Å². The lowest BCUT2D eigenvalue weighted by atomic mass is 10.0. The number of rotatable bonds is 4. The summed E-state index contributed by atoms with van der Waals surface area (Å²) >= 11 is 0. The third-order valence-corrected chi connectivity index (χ3v) is 4.56. The van der Waals surface area contributed by atoms with Gasteiger partial charge in [-0.2, -0.15) is 0 Å². The average Bonchev–Trinajstić information content (AvgIpc) is 2.99. The predicted octanol–water partition coefficient (Wildman–Crippen LogP) is 2.94. The summed E-state index contributed by atoms with van der Waals surface area (Å²) in [6.45, 7) is 5.62. The minimum atomic E-state index is -0.141. The van der Waals surface area contributed by atoms with Gasteiger partial charge in [-0.15, -0.1) is 0 Å². The van der Waals surface area contributed by atoms with Gasteiger partial charge in [0.2, 0.25) is 0 Å². The predicted molar refractivity (Wildman–Crippen MR) is 81.8 cm³/mol. The molecule has 1 saturated carbocycles. The molecule has 4 heteroatoms. The van der Waals surface area contributed by atoms with Crippen LogP contribution in [-0.4, -0.2) is 16.5 Å². The quantitative estimate of drug-likeness (QED) is 0.802. The largest absolute Gasteiger partial charge is 0.323 e. The van der Waals surface area contributed by atoms with Gasteiger partial charge in [-0.25, -0.2) is 4.79 Å². The zero-order chi connectivity index (χ0) is 14.1. The Balaban J connectivity index is 1.65. The zero-order valence-corrected chi connectivity index (χ0v) is 12.2. The fraction of sp³-hybridized carbons (Fsp3) is 0.562. The zero-order valence-electron chi connectivity index (χ0n) is 12.2. The fourth-order valence-corrected chi connectivity index (χ4v) is 3.29. The molecule has 1 aliphatic rings. The van der Waals surface area contributed by atoms with Crippen LogP contribution < -0.4 is 11.0 Å². The summed E-state index contributed by atoms with van der Waals surface area (Å²) in [5, 5.41) is 3.63. The second-order valence-electron chi connectivity index (χ2n) is 6.30. The first-order valence-corrected chi connectivity index (χ1v) is 7.57. The number of H-pyrrole nitrogens is 2. The molecule has 0 saturated heterocycles. The minimum Gasteiger partial charge on any atom is -0.310 e. The Hall–Kier alpha value is -1.55. The van der Waals surface area contributed by atoms with Crippen LogP contribution in [0.5, 0.6) is 0 Å². The van der Waals surface area contributed by atoms with Crippen molar-refractivity contribution in [1.29, 1.82) is 0 Å². The van der Waals surface area contributed by atoms with Gasteiger partial charge in [0.25, 0.3) is 0 Å². The third kappa shape index (κ3) is 2.80. The van der Waals surface area contributed by atoms with Gasteiger partial charge in [0, 0.05) is 6.04 Å². The Morgan fingerprint density at radius 1 is 1.30 bits per heavy atom. The standard InChI is InChI=1S/C16H23N3O/c1-10-3-4-12(7-10)9-17-11(2)13-5-6-14-15(8-13)19-16(20)18-14/h5-6,8,10-12,17H,3-4,7,9H2,1-2H3,(H2,18,19,20). The number of imidazole rings is 1. The van der Waals surface area contributed by atoms with Crippen LogP contribution >= 0.6 is 0 Å². The molecule has 1 aliphatic carbocycles. The van der Waals surface area contributed by atoms with Crippen molar-refractivity contribution in [1.82, 2.24) is 15.3 Å². The Bertz CT molecular complexity index is 642. The van der Waals surface area contributed by atoms with Crippen molar-refractivity contribution < 1.29 is 0 Å². The molecule has 108 valence electrons. The molecular formula is C16H23N3O. The number of aromatic amines is 2. The molecular weight excluding hydrogens is 250 g/mol. The molecule has 3 rings (SSSR count). The van der Waals surface area contributed by atoms with E-state index in [2.05, 4.69) is 41.3 Å². The van der Waals surface area contributed by atoms with Crippen LogP contribution in [0, 0.1) is 11.8 Å². The molecule has 1 fully saturated rings. The van der Waals surface area contributed by atoms with Crippen molar-refractivity contribution in [3.05, 3.63) is 34.2 Å². The number of nitrogens with one attached hydrogen (secondary N) is 3. The highest BCUT2D eigenvalue weighted by molar-refractivity contribution is 5.75. The van der Waals surface area contributed by atoms with Gasteiger partial charge in [-0.3, -0.25) is 0 Å². The molecule has 1 heterocycles. The summed E-state index contributed by atoms with van der Waals surface area (Å²) < 4.78 is 0. The lowest BCUT2D eigenvalue weighted by Gasteiger charge is -2.17. The van der Waals surface area contributed by atoms with Crippen molar-refractivity contribution >= 4 is 11.0 Å². The van der Waals surface area contributed by atoms with E-state index in [0.29, 0.717) is 6.04 Å². The monoisotopic (exact) mass is 273 g/mol. The molecule has 2 aromatic rings. The SMILES string of the molecule is CC1CCC(CNC(C)c2ccc3[nH]c(=O)[nH]c3c2)C1. The van der Waals surface area contributed by atoms with E-state index in [1.807, 2.05) is 6.07 Å². The Kier molecular flexibility index (Phi) is 3.66. The van der Waals surface area contributed by atoms with Crippen LogP contribution in [0.1, 0.15) is 44.7 Å². The highest BCUT2D eigenvalue weighted by Crippen LogP contribution is 2.30. The van der Waals surface area contributed by atoms with Gasteiger partial charge in [0.05, 0.1) is 11.0 Å². The van der Waals surface area contributed by atoms with E-state index in [9.17, 15) is 4.79 Å². The van der Waals surface area contributed by atoms with Crippen LogP contribution in [0.3, 0.4) is 0 Å². The average molecular weight is 273 g/mol. The molecule has 3 unspecified atom stereocenters. The number of hydrogen-bond acceptors (Lipinski definition) is 2. The highest BCUT2D eigenvalue weighted by Gasteiger charge is 2.21. The van der Waals surface area contributed by atoms with E-state index in [0.717, 1.165) is 29.4 Å². The van der Waals surface area contributed by atoms with Crippen molar-refractivity contribution in [2.75, 3.05) is 6.54 Å². The Labute approximate surface area is 119 Å². The summed E-state index contributed by atoms with van der Waals surface area (Å²) in [4.78, 5) is 16.9. The number of fused-ring (bicyclic) bond motifs is 1. The second-order valence-corrected chi connectivity index (χ2v) is 6.30. The van der Waals surface area contributed by atoms with Crippen LogP contribution in [0.2, 0.25) is 0 Å². The molecule has 0 aliphatic heterocycles. The molecule has 0 spiro atoms. The fourth-order valence-electron chi connectivity index (χ4n) is 3.29. The van der Waals surface area contributed by atoms with Gasteiger partial charge in [-0.1, -0.05) is 19.4 Å². The highest BCUT2D eigenvalue weighted by atomic mass is 16.1. The van der Waals surface area contributed by atoms with E-state index in [-0.39, 0.29) is 5.69 Å². The molecule has 4 nitrogen and oxygen atoms in total. The van der Waals surface area contributed by atoms with Crippen LogP contribution in [0.4, 0.5) is 0 Å². The van der Waals surface area contributed by atoms with Gasteiger partial charge >= 0.3 is 5.69 Å². The molecule has 0 bridgehead atoms. The van der Waals surface area contributed by atoms with Gasteiger partial charge in [0.15, 0.2) is 0 Å². The molecule has 3 atom stereocenters. The third-order valence-electron chi connectivity index (χ3n) is 4.56. The van der Waals surface area contributed by atoms with Gasteiger partial charge < -0.3 is 15.3 Å². The Morgan fingerprint density at radius 3 is 2.85 bits per heavy atom. The topological polar surface area (TPSA) is 60.7 Å². The van der Waals surface area contributed by atoms with Crippen LogP contribution in [0.25, 0.3) is 11.0 Å². The van der Waals surface area contributed by atoms with Crippen molar-refractivity contribution in [3.63, 3.8) is 0 Å². The number of aromatic nitrogens is 2. The van der Waals surface area contributed by atoms with Crippen molar-refractivity contribution in [2.45, 2.75) is 39.2 Å². The van der Waals surface area contributed by atoms with E-state index in [4.69, 9.17) is 0 Å². The maximum atomic E-state index is 11.3. The van der Waals surface area contributed by atoms with E-state index >= 15 is 0 Å². The second kappa shape index (κ2) is 5.44. The summed E-state index contributed by atoms with van der Waals surface area (Å²) in [5.74, 6) is 1.71. The van der Waals surface area contributed by atoms with Gasteiger partial charge in [0.1, 0.15) is 0 Å². The van der Waals surface area contributed by atoms with E-state index in [1.54, 1.807) is 0 Å². The lowest BCUT2D eigenvalue weighted by molar-refractivity contribution is 0.440. The lowest BCUT2D eigenvalue weighted by Crippen LogP contribution is -2.24. The Morgan fingerprint density at radius 2 is 2.10 bits per heavy atom. The molecule has 0 radical (unpaired) electrons. The number of hydrogen-bond donors (Lipinski definition) is 3. The van der Waals surface area contributed by atoms with E-state index < -0.39 is 0 Å². The summed E-state index contributed by atoms with van der Waals surface area (Å²) in [7, 11) is 0. The minimum absolute atomic E-state index is 0.141. The summed E-state index contributed by atoms with van der Waals surface area (Å²) in [5.41, 5.74) is 2.84. The molecule has 1 aromatic heterocycles. The normalized spacial score (nSPS) is 24.3. The van der Waals surface area contributed by atoms with Crippen LogP contribution in [-0.2, 0) is 0 Å². The van der Waals surface area contributed by atoms with Crippen molar-refractivity contribution in [2.24, 2.45) is 11.8 Å². The van der Waals surface area contributed by atoms with Crippen molar-refractivity contribution in [3.8, 4) is 0 Å². The summed E-state index contributed by atoms with van der Waals surface area (Å²) in [6.07, 6.45) is 4.08. The van der Waals surface area contributed by atoms with Gasteiger partial charge in [-0.05, 0) is 55.8 Å². The summed E-state index contributed by atoms with van der Waals surface area (Å²) in [6, 6.07) is 6.43. The first-order valence-electron chi connectivity index (χ1n) is 7.57. The first-order chi connectivity index (χ1) is 9.61. The molecule has 0 amide bonds. The molecule has 20 heavy (non-hydrogen) atoms. The first kappa shape index (κ1) is 13.4. The number of benzene rings is 1. The smallest absolute Gasteiger partial charge is 0.310 e. The molecule has 1 aromatic carbocycles. The molecule has 3 N–H and O–H groups in total. The van der Waals surface area contributed by atoms with E-state index in [1.165, 1.54) is 24.8 Å². The maximum absolute atomic E-state index is 11.3.